The monoisotopic (exact) mass is 676 g/mol. The number of nitrogens with zero attached hydrogens (tertiary/aromatic N) is 4. The van der Waals surface area contributed by atoms with Crippen molar-refractivity contribution in [3.63, 3.8) is 0 Å². The molecular weight excluding hydrogens is 649 g/mol. The molecule has 0 aliphatic heterocycles. The van der Waals surface area contributed by atoms with E-state index in [9.17, 15) is 0 Å². The molecule has 0 amide bonds. The number of furan rings is 1. The molecule has 0 atom stereocenters. The molecule has 4 heterocycles. The minimum absolute atomic E-state index is 0.616. The van der Waals surface area contributed by atoms with Crippen LogP contribution < -0.4 is 0 Å². The number of para-hydroxylation sites is 3. The third kappa shape index (κ3) is 3.96. The number of rotatable bonds is 3. The van der Waals surface area contributed by atoms with Gasteiger partial charge in [-0.2, -0.15) is 0 Å². The number of aromatic nitrogens is 4. The normalized spacial score (nSPS) is 12.2. The van der Waals surface area contributed by atoms with Crippen LogP contribution in [0.15, 0.2) is 174 Å². The molecule has 0 saturated heterocycles. The quantitative estimate of drug-likeness (QED) is 0.187. The van der Waals surface area contributed by atoms with Crippen LogP contribution in [-0.4, -0.2) is 19.1 Å². The van der Waals surface area contributed by atoms with Gasteiger partial charge in [-0.1, -0.05) is 115 Å². The highest BCUT2D eigenvalue weighted by molar-refractivity contribution is 6.29. The van der Waals surface area contributed by atoms with E-state index in [1.165, 1.54) is 21.5 Å². The first-order chi connectivity index (χ1) is 26.3. The van der Waals surface area contributed by atoms with E-state index in [1.807, 2.05) is 18.2 Å². The molecule has 0 N–H and O–H groups in total. The largest absolute Gasteiger partial charge is 0.455 e. The highest BCUT2D eigenvalue weighted by atomic mass is 16.3. The molecule has 0 bridgehead atoms. The summed E-state index contributed by atoms with van der Waals surface area (Å²) < 4.78 is 11.4. The number of fused-ring (bicyclic) bond motifs is 13. The number of benzene rings is 8. The standard InChI is InChI=1S/C48H28N4O/c1-3-14-30(15-4-1)46-35-20-9-11-21-38(35)49-48(50-46)52-40-26-24-34-33-19-10-12-22-43(33)53-47(34)45(40)37-27-36-41(28-42(37)52)51(31-16-5-2-6-17-31)39-25-23-29-13-7-8-18-32(29)44(36)39/h1-28H. The van der Waals surface area contributed by atoms with Gasteiger partial charge in [-0.25, -0.2) is 9.97 Å². The summed E-state index contributed by atoms with van der Waals surface area (Å²) in [6.07, 6.45) is 0. The Morgan fingerprint density at radius 3 is 1.94 bits per heavy atom. The zero-order valence-electron chi connectivity index (χ0n) is 28.4. The molecule has 4 aromatic heterocycles. The Morgan fingerprint density at radius 2 is 1.08 bits per heavy atom. The van der Waals surface area contributed by atoms with Crippen molar-refractivity contribution in [2.24, 2.45) is 0 Å². The van der Waals surface area contributed by atoms with E-state index in [0.29, 0.717) is 5.95 Å². The first-order valence-corrected chi connectivity index (χ1v) is 17.9. The van der Waals surface area contributed by atoms with Gasteiger partial charge < -0.3 is 8.98 Å². The van der Waals surface area contributed by atoms with Crippen LogP contribution >= 0.6 is 0 Å². The average Bonchev–Trinajstić information content (AvgIpc) is 3.87. The van der Waals surface area contributed by atoms with E-state index in [1.54, 1.807) is 0 Å². The molecule has 0 unspecified atom stereocenters. The molecule has 12 aromatic rings. The highest BCUT2D eigenvalue weighted by Crippen LogP contribution is 2.45. The average molecular weight is 677 g/mol. The molecule has 0 fully saturated rings. The molecule has 246 valence electrons. The van der Waals surface area contributed by atoms with Gasteiger partial charge in [-0.3, -0.25) is 4.57 Å². The van der Waals surface area contributed by atoms with E-state index in [-0.39, 0.29) is 0 Å². The Balaban J connectivity index is 1.31. The van der Waals surface area contributed by atoms with Crippen LogP contribution in [-0.2, 0) is 0 Å². The Hall–Kier alpha value is -7.24. The van der Waals surface area contributed by atoms with Crippen LogP contribution in [0.3, 0.4) is 0 Å². The zero-order chi connectivity index (χ0) is 34.6. The van der Waals surface area contributed by atoms with Gasteiger partial charge >= 0.3 is 0 Å². The lowest BCUT2D eigenvalue weighted by molar-refractivity contribution is 0.673. The summed E-state index contributed by atoms with van der Waals surface area (Å²) in [6, 6.07) is 59.9. The van der Waals surface area contributed by atoms with Crippen LogP contribution in [0, 0.1) is 0 Å². The third-order valence-electron chi connectivity index (χ3n) is 10.9. The Bertz CT molecular complexity index is 3450. The zero-order valence-corrected chi connectivity index (χ0v) is 28.4. The molecule has 53 heavy (non-hydrogen) atoms. The van der Waals surface area contributed by atoms with Crippen molar-refractivity contribution in [2.75, 3.05) is 0 Å². The molecular formula is C48H28N4O. The second kappa shape index (κ2) is 10.6. The van der Waals surface area contributed by atoms with Gasteiger partial charge in [0.2, 0.25) is 5.95 Å². The van der Waals surface area contributed by atoms with E-state index in [4.69, 9.17) is 14.4 Å². The summed E-state index contributed by atoms with van der Waals surface area (Å²) in [7, 11) is 0. The molecule has 12 rings (SSSR count). The number of hydrogen-bond acceptors (Lipinski definition) is 3. The lowest BCUT2D eigenvalue weighted by atomic mass is 10.0. The van der Waals surface area contributed by atoms with Crippen molar-refractivity contribution >= 4 is 87.2 Å². The predicted octanol–water partition coefficient (Wildman–Crippen LogP) is 12.5. The summed E-state index contributed by atoms with van der Waals surface area (Å²) in [4.78, 5) is 10.7. The Kier molecular flexibility index (Phi) is 5.71. The van der Waals surface area contributed by atoms with Gasteiger partial charge in [0.15, 0.2) is 0 Å². The van der Waals surface area contributed by atoms with Crippen LogP contribution in [0.4, 0.5) is 0 Å². The van der Waals surface area contributed by atoms with Gasteiger partial charge in [-0.15, -0.1) is 0 Å². The Labute approximate surface area is 302 Å². The molecule has 0 aliphatic carbocycles. The van der Waals surface area contributed by atoms with E-state index in [2.05, 4.69) is 161 Å². The van der Waals surface area contributed by atoms with Crippen LogP contribution in [0.25, 0.3) is 110 Å². The van der Waals surface area contributed by atoms with Crippen molar-refractivity contribution in [2.45, 2.75) is 0 Å². The fourth-order valence-electron chi connectivity index (χ4n) is 8.61. The van der Waals surface area contributed by atoms with Gasteiger partial charge in [-0.05, 0) is 65.4 Å². The van der Waals surface area contributed by atoms with E-state index < -0.39 is 0 Å². The van der Waals surface area contributed by atoms with Gasteiger partial charge in [0.1, 0.15) is 11.2 Å². The predicted molar refractivity (Wildman–Crippen MR) is 218 cm³/mol. The molecule has 5 nitrogen and oxygen atoms in total. The fourth-order valence-corrected chi connectivity index (χ4v) is 8.61. The van der Waals surface area contributed by atoms with Crippen LogP contribution in [0.5, 0.6) is 0 Å². The minimum Gasteiger partial charge on any atom is -0.455 e. The van der Waals surface area contributed by atoms with Gasteiger partial charge in [0.05, 0.1) is 38.7 Å². The van der Waals surface area contributed by atoms with Crippen molar-refractivity contribution in [3.8, 4) is 22.9 Å². The Morgan fingerprint density at radius 1 is 0.415 bits per heavy atom. The van der Waals surface area contributed by atoms with E-state index >= 15 is 0 Å². The van der Waals surface area contributed by atoms with Crippen molar-refractivity contribution < 1.29 is 4.42 Å². The van der Waals surface area contributed by atoms with Crippen molar-refractivity contribution in [3.05, 3.63) is 170 Å². The summed E-state index contributed by atoms with van der Waals surface area (Å²) in [5.41, 5.74) is 9.97. The maximum absolute atomic E-state index is 6.77. The first-order valence-electron chi connectivity index (χ1n) is 17.9. The smallest absolute Gasteiger partial charge is 0.235 e. The second-order valence-electron chi connectivity index (χ2n) is 13.8. The maximum atomic E-state index is 6.77. The van der Waals surface area contributed by atoms with Gasteiger partial charge in [0, 0.05) is 43.6 Å². The lowest BCUT2D eigenvalue weighted by Gasteiger charge is -2.12. The molecule has 5 heteroatoms. The number of hydrogen-bond donors (Lipinski definition) is 0. The molecule has 0 saturated carbocycles. The van der Waals surface area contributed by atoms with Crippen LogP contribution in [0.2, 0.25) is 0 Å². The van der Waals surface area contributed by atoms with Crippen LogP contribution in [0.1, 0.15) is 0 Å². The third-order valence-corrected chi connectivity index (χ3v) is 10.9. The topological polar surface area (TPSA) is 48.8 Å². The molecule has 8 aromatic carbocycles. The summed E-state index contributed by atoms with van der Waals surface area (Å²) in [5, 5.41) is 10.2. The molecule has 0 aliphatic rings. The second-order valence-corrected chi connectivity index (χ2v) is 13.8. The fraction of sp³-hybridized carbons (Fsp3) is 0. The summed E-state index contributed by atoms with van der Waals surface area (Å²) in [6.45, 7) is 0. The summed E-state index contributed by atoms with van der Waals surface area (Å²) in [5.74, 6) is 0.616. The molecule has 0 radical (unpaired) electrons. The summed E-state index contributed by atoms with van der Waals surface area (Å²) >= 11 is 0. The first kappa shape index (κ1) is 28.5. The lowest BCUT2D eigenvalue weighted by Crippen LogP contribution is -2.03. The SMILES string of the molecule is c1ccc(-c2nc(-n3c4cc5c(cc4c4c6oc7ccccc7c6ccc43)c3c4ccccc4ccc3n5-c3ccccc3)nc3ccccc23)cc1. The van der Waals surface area contributed by atoms with Crippen molar-refractivity contribution in [1.82, 2.24) is 19.1 Å². The highest BCUT2D eigenvalue weighted by Gasteiger charge is 2.24. The van der Waals surface area contributed by atoms with Crippen molar-refractivity contribution in [1.29, 1.82) is 0 Å². The molecule has 0 spiro atoms. The maximum Gasteiger partial charge on any atom is 0.235 e. The minimum atomic E-state index is 0.616. The van der Waals surface area contributed by atoms with E-state index in [0.717, 1.165) is 82.6 Å². The van der Waals surface area contributed by atoms with Gasteiger partial charge in [0.25, 0.3) is 0 Å².